The molecule has 0 N–H and O–H groups in total. The zero-order valence-corrected chi connectivity index (χ0v) is 18.5. The number of hydrogen-bond acceptors (Lipinski definition) is 2. The largest absolute Gasteiger partial charge is 0.462 e. The lowest BCUT2D eigenvalue weighted by Crippen LogP contribution is -2.25. The van der Waals surface area contributed by atoms with Crippen molar-refractivity contribution < 1.29 is 13.9 Å². The Balaban J connectivity index is 1.84. The van der Waals surface area contributed by atoms with Crippen LogP contribution in [0.1, 0.15) is 56.7 Å². The molecule has 1 fully saturated rings. The Morgan fingerprint density at radius 1 is 1.06 bits per heavy atom. The van der Waals surface area contributed by atoms with Gasteiger partial charge in [0, 0.05) is 30.6 Å². The summed E-state index contributed by atoms with van der Waals surface area (Å²) in [7, 11) is 0. The molecular weight excluding hydrogens is 389 g/mol. The molecule has 1 aromatic heterocycles. The molecule has 1 aliphatic heterocycles. The molecule has 0 saturated carbocycles. The van der Waals surface area contributed by atoms with Gasteiger partial charge in [-0.25, -0.2) is 4.39 Å². The smallest absolute Gasteiger partial charge is 0.306 e. The van der Waals surface area contributed by atoms with Crippen molar-refractivity contribution in [1.82, 2.24) is 4.57 Å². The molecule has 162 valence electrons. The van der Waals surface area contributed by atoms with E-state index in [-0.39, 0.29) is 17.9 Å². The quantitative estimate of drug-likeness (QED) is 0.408. The Morgan fingerprint density at radius 2 is 1.77 bits per heavy atom. The Kier molecular flexibility index (Phi) is 6.26. The van der Waals surface area contributed by atoms with Crippen molar-refractivity contribution in [3.05, 3.63) is 71.7 Å². The third-order valence-electron chi connectivity index (χ3n) is 6.16. The summed E-state index contributed by atoms with van der Waals surface area (Å²) in [6, 6.07) is 17.2. The second-order valence-corrected chi connectivity index (χ2v) is 8.71. The molecule has 4 rings (SSSR count). The Bertz CT molecular complexity index is 1050. The molecular formula is C27H30FNO2. The molecule has 0 radical (unpaired) electrons. The maximum atomic E-state index is 13.7. The summed E-state index contributed by atoms with van der Waals surface area (Å²) in [5.74, 6) is -0.00337. The van der Waals surface area contributed by atoms with E-state index in [1.54, 1.807) is 0 Å². The highest BCUT2D eigenvalue weighted by molar-refractivity contribution is 5.85. The van der Waals surface area contributed by atoms with Crippen LogP contribution in [0.4, 0.5) is 4.39 Å². The fraction of sp³-hybridized carbons (Fsp3) is 0.370. The van der Waals surface area contributed by atoms with E-state index in [1.165, 1.54) is 29.0 Å². The predicted molar refractivity (Wildman–Crippen MR) is 122 cm³/mol. The number of nitrogens with zero attached hydrogens (tertiary/aromatic N) is 1. The SMILES string of the molecule is Cc1c(-c2ccccc2)c(-c2ccc(F)cc2)n(CCC2CCCC(=O)O2)c1C(C)C. The Hall–Kier alpha value is -2.88. The van der Waals surface area contributed by atoms with Gasteiger partial charge in [0.05, 0.1) is 5.69 Å². The number of benzene rings is 2. The molecule has 1 atom stereocenters. The summed E-state index contributed by atoms with van der Waals surface area (Å²) in [5.41, 5.74) is 6.98. The molecule has 31 heavy (non-hydrogen) atoms. The Labute approximate surface area is 183 Å². The van der Waals surface area contributed by atoms with Crippen molar-refractivity contribution in [1.29, 1.82) is 0 Å². The molecule has 0 aliphatic carbocycles. The summed E-state index contributed by atoms with van der Waals surface area (Å²) >= 11 is 0. The lowest BCUT2D eigenvalue weighted by atomic mass is 9.96. The van der Waals surface area contributed by atoms with E-state index >= 15 is 0 Å². The second-order valence-electron chi connectivity index (χ2n) is 8.71. The number of esters is 1. The lowest BCUT2D eigenvalue weighted by Gasteiger charge is -2.24. The Morgan fingerprint density at radius 3 is 2.42 bits per heavy atom. The normalized spacial score (nSPS) is 16.5. The van der Waals surface area contributed by atoms with Gasteiger partial charge < -0.3 is 9.30 Å². The van der Waals surface area contributed by atoms with Gasteiger partial charge in [-0.15, -0.1) is 0 Å². The van der Waals surface area contributed by atoms with Crippen LogP contribution in [0.25, 0.3) is 22.4 Å². The van der Waals surface area contributed by atoms with Crippen LogP contribution in [0.2, 0.25) is 0 Å². The maximum Gasteiger partial charge on any atom is 0.306 e. The van der Waals surface area contributed by atoms with Crippen LogP contribution in [0.15, 0.2) is 54.6 Å². The van der Waals surface area contributed by atoms with E-state index in [1.807, 2.05) is 18.2 Å². The fourth-order valence-corrected chi connectivity index (χ4v) is 4.86. The van der Waals surface area contributed by atoms with Crippen molar-refractivity contribution in [3.63, 3.8) is 0 Å². The van der Waals surface area contributed by atoms with Gasteiger partial charge in [0.25, 0.3) is 0 Å². The van der Waals surface area contributed by atoms with Crippen LogP contribution in [-0.2, 0) is 16.1 Å². The topological polar surface area (TPSA) is 31.2 Å². The summed E-state index contributed by atoms with van der Waals surface area (Å²) < 4.78 is 21.7. The zero-order chi connectivity index (χ0) is 22.0. The van der Waals surface area contributed by atoms with Crippen molar-refractivity contribution in [2.45, 2.75) is 65.0 Å². The summed E-state index contributed by atoms with van der Waals surface area (Å²) in [6.45, 7) is 7.36. The molecule has 3 nitrogen and oxygen atoms in total. The van der Waals surface area contributed by atoms with E-state index in [0.29, 0.717) is 12.3 Å². The molecule has 2 heterocycles. The predicted octanol–water partition coefficient (Wildman–Crippen LogP) is 6.88. The van der Waals surface area contributed by atoms with Gasteiger partial charge in [-0.3, -0.25) is 4.79 Å². The van der Waals surface area contributed by atoms with E-state index in [2.05, 4.69) is 49.6 Å². The van der Waals surface area contributed by atoms with Gasteiger partial charge in [0.2, 0.25) is 0 Å². The first-order valence-electron chi connectivity index (χ1n) is 11.2. The molecule has 0 spiro atoms. The van der Waals surface area contributed by atoms with Crippen LogP contribution in [-0.4, -0.2) is 16.6 Å². The van der Waals surface area contributed by atoms with Gasteiger partial charge in [-0.1, -0.05) is 44.2 Å². The molecule has 1 aliphatic rings. The summed E-state index contributed by atoms with van der Waals surface area (Å²) in [4.78, 5) is 11.8. The highest BCUT2D eigenvalue weighted by Gasteiger charge is 2.26. The first-order chi connectivity index (χ1) is 15.0. The van der Waals surface area contributed by atoms with E-state index in [9.17, 15) is 9.18 Å². The number of ether oxygens (including phenoxy) is 1. The van der Waals surface area contributed by atoms with Gasteiger partial charge >= 0.3 is 5.97 Å². The zero-order valence-electron chi connectivity index (χ0n) is 18.5. The minimum Gasteiger partial charge on any atom is -0.462 e. The maximum absolute atomic E-state index is 13.7. The van der Waals surface area contributed by atoms with E-state index < -0.39 is 0 Å². The van der Waals surface area contributed by atoms with Crippen LogP contribution >= 0.6 is 0 Å². The van der Waals surface area contributed by atoms with Gasteiger partial charge in [0.15, 0.2) is 0 Å². The van der Waals surface area contributed by atoms with Crippen molar-refractivity contribution >= 4 is 5.97 Å². The van der Waals surface area contributed by atoms with Crippen molar-refractivity contribution in [3.8, 4) is 22.4 Å². The van der Waals surface area contributed by atoms with E-state index in [4.69, 9.17) is 4.74 Å². The molecule has 4 heteroatoms. The summed E-state index contributed by atoms with van der Waals surface area (Å²) in [6.07, 6.45) is 3.08. The average molecular weight is 420 g/mol. The molecule has 0 bridgehead atoms. The number of carbonyl (C=O) groups is 1. The van der Waals surface area contributed by atoms with Gasteiger partial charge in [0.1, 0.15) is 11.9 Å². The summed E-state index contributed by atoms with van der Waals surface area (Å²) in [5, 5.41) is 0. The van der Waals surface area contributed by atoms with Gasteiger partial charge in [-0.2, -0.15) is 0 Å². The molecule has 2 aromatic carbocycles. The first-order valence-corrected chi connectivity index (χ1v) is 11.2. The van der Waals surface area contributed by atoms with Gasteiger partial charge in [-0.05, 0) is 66.6 Å². The second kappa shape index (κ2) is 9.09. The van der Waals surface area contributed by atoms with Crippen molar-refractivity contribution in [2.75, 3.05) is 0 Å². The van der Waals surface area contributed by atoms with Crippen LogP contribution < -0.4 is 0 Å². The number of halogens is 1. The average Bonchev–Trinajstić information content (AvgIpc) is 3.05. The number of rotatable bonds is 6. The minimum atomic E-state index is -0.238. The third kappa shape index (κ3) is 4.43. The lowest BCUT2D eigenvalue weighted by molar-refractivity contribution is -0.154. The number of carbonyl (C=O) groups excluding carboxylic acids is 1. The monoisotopic (exact) mass is 419 g/mol. The molecule has 1 unspecified atom stereocenters. The third-order valence-corrected chi connectivity index (χ3v) is 6.16. The molecule has 0 amide bonds. The van der Waals surface area contributed by atoms with Crippen LogP contribution in [0.5, 0.6) is 0 Å². The minimum absolute atomic E-state index is 0.0368. The number of aromatic nitrogens is 1. The highest BCUT2D eigenvalue weighted by atomic mass is 19.1. The van der Waals surface area contributed by atoms with Crippen LogP contribution in [0, 0.1) is 12.7 Å². The highest BCUT2D eigenvalue weighted by Crippen LogP contribution is 2.41. The first kappa shape index (κ1) is 21.4. The number of cyclic esters (lactones) is 1. The standard InChI is InChI=1S/C27H30FNO2/c1-18(2)26-19(3)25(20-8-5-4-6-9-20)27(21-12-14-22(28)15-13-21)29(26)17-16-23-10-7-11-24(30)31-23/h4-6,8-9,12-15,18,23H,7,10-11,16-17H2,1-3H3. The van der Waals surface area contributed by atoms with Crippen LogP contribution in [0.3, 0.4) is 0 Å². The van der Waals surface area contributed by atoms with Crippen molar-refractivity contribution in [2.24, 2.45) is 0 Å². The molecule has 1 saturated heterocycles. The fourth-order valence-electron chi connectivity index (χ4n) is 4.86. The molecule has 3 aromatic rings. The van der Waals surface area contributed by atoms with E-state index in [0.717, 1.165) is 42.6 Å². The number of hydrogen-bond donors (Lipinski definition) is 0.